The lowest BCUT2D eigenvalue weighted by Gasteiger charge is -2.13. The Labute approximate surface area is 225 Å². The molecule has 7 aromatic rings. The van der Waals surface area contributed by atoms with Crippen molar-refractivity contribution in [2.45, 2.75) is 0 Å². The van der Waals surface area contributed by atoms with Crippen molar-refractivity contribution in [2.24, 2.45) is 0 Å². The summed E-state index contributed by atoms with van der Waals surface area (Å²) in [4.78, 5) is 0. The standard InChI is InChI=1S/C36H23NO2/c1-4-10-33-28(7-1)27-19-18-26(22-31(27)29-8-2-5-11-34(29)38-33)37-25-16-13-23(14-17-25)24-15-20-36-32(21-24)30-9-3-6-12-35(30)39-36/h1-22,37H. The van der Waals surface area contributed by atoms with Crippen LogP contribution in [0.25, 0.3) is 55.3 Å². The topological polar surface area (TPSA) is 34.4 Å². The Bertz CT molecular complexity index is 2020. The zero-order chi connectivity index (χ0) is 25.8. The third-order valence-corrected chi connectivity index (χ3v) is 7.48. The van der Waals surface area contributed by atoms with Crippen LogP contribution in [0.3, 0.4) is 0 Å². The molecule has 1 aliphatic rings. The summed E-state index contributed by atoms with van der Waals surface area (Å²) in [6, 6.07) is 46.2. The van der Waals surface area contributed by atoms with Crippen LogP contribution in [-0.4, -0.2) is 0 Å². The molecular weight excluding hydrogens is 478 g/mol. The Morgan fingerprint density at radius 3 is 1.87 bits per heavy atom. The number of anilines is 2. The first kappa shape index (κ1) is 21.8. The van der Waals surface area contributed by atoms with Crippen LogP contribution in [0, 0.1) is 0 Å². The van der Waals surface area contributed by atoms with Crippen LogP contribution in [0.1, 0.15) is 0 Å². The normalized spacial score (nSPS) is 11.8. The fraction of sp³-hybridized carbons (Fsp3) is 0. The zero-order valence-corrected chi connectivity index (χ0v) is 21.0. The number of benzene rings is 6. The summed E-state index contributed by atoms with van der Waals surface area (Å²) in [7, 11) is 0. The molecule has 0 radical (unpaired) electrons. The van der Waals surface area contributed by atoms with Gasteiger partial charge in [0.1, 0.15) is 22.7 Å². The summed E-state index contributed by atoms with van der Waals surface area (Å²) >= 11 is 0. The van der Waals surface area contributed by atoms with Crippen molar-refractivity contribution < 1.29 is 9.15 Å². The molecule has 184 valence electrons. The predicted octanol–water partition coefficient (Wildman–Crippen LogP) is 10.4. The fourth-order valence-electron chi connectivity index (χ4n) is 5.57. The van der Waals surface area contributed by atoms with E-state index in [1.165, 1.54) is 11.1 Å². The molecule has 1 aromatic heterocycles. The first-order valence-corrected chi connectivity index (χ1v) is 13.1. The van der Waals surface area contributed by atoms with Gasteiger partial charge in [-0.2, -0.15) is 0 Å². The molecule has 0 saturated heterocycles. The molecule has 0 bridgehead atoms. The first-order valence-electron chi connectivity index (χ1n) is 13.1. The average Bonchev–Trinajstić information content (AvgIpc) is 3.29. The van der Waals surface area contributed by atoms with E-state index in [4.69, 9.17) is 9.15 Å². The van der Waals surface area contributed by atoms with E-state index in [2.05, 4.69) is 102 Å². The van der Waals surface area contributed by atoms with E-state index >= 15 is 0 Å². The van der Waals surface area contributed by atoms with Crippen molar-refractivity contribution in [2.75, 3.05) is 5.32 Å². The summed E-state index contributed by atoms with van der Waals surface area (Å²) in [6.07, 6.45) is 0. The van der Waals surface area contributed by atoms with E-state index in [0.29, 0.717) is 0 Å². The molecular formula is C36H23NO2. The summed E-state index contributed by atoms with van der Waals surface area (Å²) in [5, 5.41) is 5.89. The average molecular weight is 502 g/mol. The fourth-order valence-corrected chi connectivity index (χ4v) is 5.57. The molecule has 0 amide bonds. The van der Waals surface area contributed by atoms with Crippen molar-refractivity contribution in [3.63, 3.8) is 0 Å². The number of ether oxygens (including phenoxy) is 1. The summed E-state index contributed by atoms with van der Waals surface area (Å²) in [5.41, 5.74) is 10.7. The van der Waals surface area contributed by atoms with E-state index in [-0.39, 0.29) is 0 Å². The second-order valence-corrected chi connectivity index (χ2v) is 9.87. The lowest BCUT2D eigenvalue weighted by Crippen LogP contribution is -1.92. The van der Waals surface area contributed by atoms with Gasteiger partial charge in [0.2, 0.25) is 0 Å². The van der Waals surface area contributed by atoms with Gasteiger partial charge in [-0.1, -0.05) is 78.9 Å². The second-order valence-electron chi connectivity index (χ2n) is 9.87. The molecule has 0 spiro atoms. The van der Waals surface area contributed by atoms with Crippen LogP contribution < -0.4 is 10.1 Å². The van der Waals surface area contributed by atoms with Gasteiger partial charge in [-0.25, -0.2) is 0 Å². The molecule has 0 unspecified atom stereocenters. The van der Waals surface area contributed by atoms with Gasteiger partial charge in [-0.3, -0.25) is 0 Å². The summed E-state index contributed by atoms with van der Waals surface area (Å²) < 4.78 is 12.3. The van der Waals surface area contributed by atoms with Gasteiger partial charge in [0.25, 0.3) is 0 Å². The highest BCUT2D eigenvalue weighted by molar-refractivity contribution is 6.06. The van der Waals surface area contributed by atoms with E-state index in [1.54, 1.807) is 0 Å². The quantitative estimate of drug-likeness (QED) is 0.261. The molecule has 39 heavy (non-hydrogen) atoms. The third kappa shape index (κ3) is 3.67. The first-order chi connectivity index (χ1) is 19.3. The minimum absolute atomic E-state index is 0.868. The number of nitrogens with one attached hydrogen (secondary N) is 1. The Balaban J connectivity index is 1.13. The highest BCUT2D eigenvalue weighted by atomic mass is 16.5. The largest absolute Gasteiger partial charge is 0.456 e. The molecule has 1 aliphatic heterocycles. The molecule has 6 aromatic carbocycles. The molecule has 1 N–H and O–H groups in total. The number of hydrogen-bond acceptors (Lipinski definition) is 3. The molecule has 8 rings (SSSR count). The van der Waals surface area contributed by atoms with Gasteiger partial charge in [0, 0.05) is 33.3 Å². The number of para-hydroxylation sites is 3. The van der Waals surface area contributed by atoms with Crippen molar-refractivity contribution in [3.05, 3.63) is 133 Å². The lowest BCUT2D eigenvalue weighted by molar-refractivity contribution is 0.488. The summed E-state index contributed by atoms with van der Waals surface area (Å²) in [6.45, 7) is 0. The maximum atomic E-state index is 6.32. The van der Waals surface area contributed by atoms with Gasteiger partial charge < -0.3 is 14.5 Å². The molecule has 0 atom stereocenters. The van der Waals surface area contributed by atoms with Crippen LogP contribution in [-0.2, 0) is 0 Å². The predicted molar refractivity (Wildman–Crippen MR) is 160 cm³/mol. The SMILES string of the molecule is c1ccc2c(c1)Oc1ccccc1-c1cc(Nc3ccc(-c4ccc5oc6ccccc6c5c4)cc3)ccc1-2. The minimum atomic E-state index is 0.868. The third-order valence-electron chi connectivity index (χ3n) is 7.48. The lowest BCUT2D eigenvalue weighted by atomic mass is 9.94. The van der Waals surface area contributed by atoms with Crippen LogP contribution in [0.4, 0.5) is 11.4 Å². The highest BCUT2D eigenvalue weighted by Gasteiger charge is 2.20. The smallest absolute Gasteiger partial charge is 0.135 e. The highest BCUT2D eigenvalue weighted by Crippen LogP contribution is 2.47. The number of rotatable bonds is 3. The van der Waals surface area contributed by atoms with Crippen molar-refractivity contribution >= 4 is 33.3 Å². The molecule has 0 saturated carbocycles. The Hall–Kier alpha value is -5.28. The molecule has 0 aliphatic carbocycles. The van der Waals surface area contributed by atoms with Gasteiger partial charge in [0.15, 0.2) is 0 Å². The van der Waals surface area contributed by atoms with E-state index in [1.807, 2.05) is 36.4 Å². The molecule has 3 nitrogen and oxygen atoms in total. The Kier molecular flexibility index (Phi) is 4.82. The number of hydrogen-bond donors (Lipinski definition) is 1. The summed E-state index contributed by atoms with van der Waals surface area (Å²) in [5.74, 6) is 1.74. The van der Waals surface area contributed by atoms with Gasteiger partial charge in [-0.15, -0.1) is 0 Å². The molecule has 3 heteroatoms. The van der Waals surface area contributed by atoms with Gasteiger partial charge in [0.05, 0.1) is 0 Å². The van der Waals surface area contributed by atoms with E-state index in [0.717, 1.165) is 67.1 Å². The van der Waals surface area contributed by atoms with Crippen LogP contribution in [0.5, 0.6) is 11.5 Å². The van der Waals surface area contributed by atoms with E-state index in [9.17, 15) is 0 Å². The molecule has 0 fully saturated rings. The van der Waals surface area contributed by atoms with E-state index < -0.39 is 0 Å². The number of furan rings is 1. The second kappa shape index (κ2) is 8.64. The van der Waals surface area contributed by atoms with Gasteiger partial charge >= 0.3 is 0 Å². The van der Waals surface area contributed by atoms with Crippen LogP contribution >= 0.6 is 0 Å². The van der Waals surface area contributed by atoms with Gasteiger partial charge in [-0.05, 0) is 76.9 Å². The van der Waals surface area contributed by atoms with Crippen LogP contribution in [0.2, 0.25) is 0 Å². The Morgan fingerprint density at radius 1 is 0.410 bits per heavy atom. The number of fused-ring (bicyclic) bond motifs is 8. The van der Waals surface area contributed by atoms with Crippen LogP contribution in [0.15, 0.2) is 138 Å². The van der Waals surface area contributed by atoms with Crippen molar-refractivity contribution in [1.82, 2.24) is 0 Å². The maximum absolute atomic E-state index is 6.32. The molecule has 2 heterocycles. The maximum Gasteiger partial charge on any atom is 0.135 e. The zero-order valence-electron chi connectivity index (χ0n) is 21.0. The van der Waals surface area contributed by atoms with Crippen molar-refractivity contribution in [1.29, 1.82) is 0 Å². The monoisotopic (exact) mass is 501 g/mol. The Morgan fingerprint density at radius 2 is 1.05 bits per heavy atom. The minimum Gasteiger partial charge on any atom is -0.456 e. The van der Waals surface area contributed by atoms with Crippen molar-refractivity contribution in [3.8, 4) is 44.9 Å².